The Morgan fingerprint density at radius 3 is 2.56 bits per heavy atom. The largest absolute Gasteiger partial charge is 0.356 e. The van der Waals surface area contributed by atoms with Gasteiger partial charge in [-0.05, 0) is 63.2 Å². The fourth-order valence-electron chi connectivity index (χ4n) is 3.82. The number of benzene rings is 1. The first-order chi connectivity index (χ1) is 12.2. The maximum Gasteiger partial charge on any atom is 0.253 e. The lowest BCUT2D eigenvalue weighted by molar-refractivity contribution is -0.126. The van der Waals surface area contributed by atoms with Crippen molar-refractivity contribution in [2.75, 3.05) is 32.7 Å². The van der Waals surface area contributed by atoms with E-state index in [1.54, 1.807) is 0 Å². The molecule has 1 aromatic carbocycles. The molecule has 136 valence electrons. The van der Waals surface area contributed by atoms with E-state index >= 15 is 0 Å². The van der Waals surface area contributed by atoms with Gasteiger partial charge in [0.2, 0.25) is 5.91 Å². The van der Waals surface area contributed by atoms with Crippen molar-refractivity contribution in [1.29, 1.82) is 0 Å². The highest BCUT2D eigenvalue weighted by molar-refractivity contribution is 5.94. The van der Waals surface area contributed by atoms with Crippen LogP contribution >= 0.6 is 0 Å². The lowest BCUT2D eigenvalue weighted by atomic mass is 9.94. The lowest BCUT2D eigenvalue weighted by Crippen LogP contribution is -2.43. The fourth-order valence-corrected chi connectivity index (χ4v) is 3.82. The molecule has 2 saturated heterocycles. The number of nitrogens with zero attached hydrogens (tertiary/aromatic N) is 1. The van der Waals surface area contributed by atoms with Gasteiger partial charge in [0.05, 0.1) is 0 Å². The van der Waals surface area contributed by atoms with Crippen LogP contribution in [0.2, 0.25) is 0 Å². The Labute approximate surface area is 150 Å². The van der Waals surface area contributed by atoms with Crippen molar-refractivity contribution >= 4 is 11.8 Å². The maximum absolute atomic E-state index is 12.4. The predicted molar refractivity (Wildman–Crippen MR) is 98.3 cm³/mol. The van der Waals surface area contributed by atoms with Crippen LogP contribution < -0.4 is 10.6 Å². The molecule has 5 heteroatoms. The Balaban J connectivity index is 1.38. The second-order valence-electron chi connectivity index (χ2n) is 7.22. The Kier molecular flexibility index (Phi) is 6.45. The summed E-state index contributed by atoms with van der Waals surface area (Å²) in [5.74, 6) is 0.975. The quantitative estimate of drug-likeness (QED) is 0.860. The molecule has 0 saturated carbocycles. The molecule has 1 unspecified atom stereocenters. The molecule has 25 heavy (non-hydrogen) atoms. The number of carbonyl (C=O) groups is 2. The molecule has 5 nitrogen and oxygen atoms in total. The van der Waals surface area contributed by atoms with Crippen LogP contribution in [-0.2, 0) is 4.79 Å². The summed E-state index contributed by atoms with van der Waals surface area (Å²) in [5, 5.41) is 6.52. The van der Waals surface area contributed by atoms with Crippen molar-refractivity contribution in [3.8, 4) is 0 Å². The van der Waals surface area contributed by atoms with Gasteiger partial charge in [0.25, 0.3) is 5.91 Å². The van der Waals surface area contributed by atoms with Crippen molar-refractivity contribution in [2.45, 2.75) is 32.1 Å². The smallest absolute Gasteiger partial charge is 0.253 e. The van der Waals surface area contributed by atoms with Crippen molar-refractivity contribution in [3.05, 3.63) is 35.9 Å². The molecule has 0 aromatic heterocycles. The van der Waals surface area contributed by atoms with E-state index in [0.717, 1.165) is 44.5 Å². The Bertz CT molecular complexity index is 562. The Morgan fingerprint density at radius 1 is 1.12 bits per heavy atom. The first-order valence-corrected chi connectivity index (χ1v) is 9.57. The van der Waals surface area contributed by atoms with Gasteiger partial charge in [0.1, 0.15) is 0 Å². The normalized spacial score (nSPS) is 21.8. The van der Waals surface area contributed by atoms with Gasteiger partial charge in [-0.1, -0.05) is 18.2 Å². The molecule has 0 radical (unpaired) electrons. The van der Waals surface area contributed by atoms with Crippen molar-refractivity contribution in [1.82, 2.24) is 15.5 Å². The van der Waals surface area contributed by atoms with Crippen LogP contribution in [0.5, 0.6) is 0 Å². The third-order valence-electron chi connectivity index (χ3n) is 5.42. The molecule has 2 amide bonds. The van der Waals surface area contributed by atoms with E-state index < -0.39 is 0 Å². The highest BCUT2D eigenvalue weighted by Crippen LogP contribution is 2.19. The van der Waals surface area contributed by atoms with Gasteiger partial charge in [-0.15, -0.1) is 0 Å². The van der Waals surface area contributed by atoms with Crippen LogP contribution in [0.4, 0.5) is 0 Å². The van der Waals surface area contributed by atoms with Gasteiger partial charge in [-0.25, -0.2) is 0 Å². The van der Waals surface area contributed by atoms with Crippen LogP contribution in [0.3, 0.4) is 0 Å². The van der Waals surface area contributed by atoms with Crippen molar-refractivity contribution in [3.63, 3.8) is 0 Å². The molecular weight excluding hydrogens is 314 g/mol. The summed E-state index contributed by atoms with van der Waals surface area (Å²) in [6.07, 6.45) is 5.09. The summed E-state index contributed by atoms with van der Waals surface area (Å²) >= 11 is 0. The number of amides is 2. The topological polar surface area (TPSA) is 61.4 Å². The van der Waals surface area contributed by atoms with Crippen molar-refractivity contribution < 1.29 is 9.59 Å². The molecule has 2 heterocycles. The summed E-state index contributed by atoms with van der Waals surface area (Å²) in [5.41, 5.74) is 0.728. The highest BCUT2D eigenvalue weighted by Gasteiger charge is 2.27. The van der Waals surface area contributed by atoms with E-state index in [1.165, 1.54) is 12.8 Å². The minimum Gasteiger partial charge on any atom is -0.356 e. The first-order valence-electron chi connectivity index (χ1n) is 9.57. The zero-order valence-electron chi connectivity index (χ0n) is 14.9. The minimum atomic E-state index is 0.0457. The van der Waals surface area contributed by atoms with E-state index in [4.69, 9.17) is 0 Å². The van der Waals surface area contributed by atoms with Crippen LogP contribution in [0.25, 0.3) is 0 Å². The van der Waals surface area contributed by atoms with E-state index in [9.17, 15) is 9.59 Å². The number of nitrogens with one attached hydrogen (secondary N) is 2. The third-order valence-corrected chi connectivity index (χ3v) is 5.42. The molecule has 2 N–H and O–H groups in total. The molecule has 3 rings (SSSR count). The highest BCUT2D eigenvalue weighted by atomic mass is 16.2. The van der Waals surface area contributed by atoms with Gasteiger partial charge in [-0.2, -0.15) is 0 Å². The molecule has 2 fully saturated rings. The van der Waals surface area contributed by atoms with Crippen LogP contribution in [0, 0.1) is 11.8 Å². The molecule has 2 aliphatic rings. The summed E-state index contributed by atoms with van der Waals surface area (Å²) in [4.78, 5) is 26.7. The van der Waals surface area contributed by atoms with Gasteiger partial charge >= 0.3 is 0 Å². The maximum atomic E-state index is 12.4. The second kappa shape index (κ2) is 8.99. The van der Waals surface area contributed by atoms with E-state index in [0.29, 0.717) is 19.0 Å². The number of piperidine rings is 2. The molecule has 1 atom stereocenters. The van der Waals surface area contributed by atoms with Crippen LogP contribution in [0.1, 0.15) is 42.5 Å². The second-order valence-corrected chi connectivity index (χ2v) is 7.22. The Morgan fingerprint density at radius 2 is 1.88 bits per heavy atom. The van der Waals surface area contributed by atoms with Gasteiger partial charge in [0.15, 0.2) is 0 Å². The first kappa shape index (κ1) is 17.9. The monoisotopic (exact) mass is 343 g/mol. The molecule has 0 aliphatic carbocycles. The van der Waals surface area contributed by atoms with E-state index in [2.05, 4.69) is 10.6 Å². The minimum absolute atomic E-state index is 0.0457. The number of hydrogen-bond acceptors (Lipinski definition) is 3. The summed E-state index contributed by atoms with van der Waals surface area (Å²) in [7, 11) is 0. The number of hydrogen-bond donors (Lipinski definition) is 2. The van der Waals surface area contributed by atoms with Crippen LogP contribution in [0.15, 0.2) is 30.3 Å². The number of carbonyl (C=O) groups excluding carboxylic acids is 2. The van der Waals surface area contributed by atoms with Gasteiger partial charge in [0, 0.05) is 31.1 Å². The summed E-state index contributed by atoms with van der Waals surface area (Å²) < 4.78 is 0. The van der Waals surface area contributed by atoms with Crippen LogP contribution in [-0.4, -0.2) is 49.4 Å². The number of rotatable bonds is 5. The van der Waals surface area contributed by atoms with E-state index in [-0.39, 0.29) is 17.7 Å². The summed E-state index contributed by atoms with van der Waals surface area (Å²) in [6.45, 7) is 4.31. The standard InChI is InChI=1S/C20H29N3O2/c24-19(22-12-8-16-5-4-11-21-15-16)17-9-13-23(14-10-17)20(25)18-6-2-1-3-7-18/h1-3,6-7,16-17,21H,4-5,8-15H2,(H,22,24). The fraction of sp³-hybridized carbons (Fsp3) is 0.600. The van der Waals surface area contributed by atoms with E-state index in [1.807, 2.05) is 35.2 Å². The third kappa shape index (κ3) is 5.05. The number of likely N-dealkylation sites (tertiary alicyclic amines) is 1. The van der Waals surface area contributed by atoms with Gasteiger partial charge in [-0.3, -0.25) is 9.59 Å². The summed E-state index contributed by atoms with van der Waals surface area (Å²) in [6, 6.07) is 9.38. The lowest BCUT2D eigenvalue weighted by Gasteiger charge is -2.31. The molecule has 0 spiro atoms. The molecule has 2 aliphatic heterocycles. The molecule has 1 aromatic rings. The predicted octanol–water partition coefficient (Wildman–Crippen LogP) is 2.04. The average Bonchev–Trinajstić information content (AvgIpc) is 2.69. The molecular formula is C20H29N3O2. The SMILES string of the molecule is O=C(NCCC1CCCNC1)C1CCN(C(=O)c2ccccc2)CC1. The molecule has 0 bridgehead atoms. The van der Waals surface area contributed by atoms with Crippen molar-refractivity contribution in [2.24, 2.45) is 11.8 Å². The zero-order chi connectivity index (χ0) is 17.5. The van der Waals surface area contributed by atoms with Gasteiger partial charge < -0.3 is 15.5 Å². The zero-order valence-corrected chi connectivity index (χ0v) is 14.9. The average molecular weight is 343 g/mol. The Hall–Kier alpha value is -1.88.